The number of nitrogens with zero attached hydrogens (tertiary/aromatic N) is 3. The number of halogens is 2. The van der Waals surface area contributed by atoms with E-state index in [0.29, 0.717) is 27.0 Å². The summed E-state index contributed by atoms with van der Waals surface area (Å²) in [5.41, 5.74) is 3.92. The van der Waals surface area contributed by atoms with Crippen molar-refractivity contribution in [3.05, 3.63) is 100 Å². The first-order valence-electron chi connectivity index (χ1n) is 10.6. The number of carbonyl (C=O) groups excluding carboxylic acids is 2. The molecule has 0 saturated heterocycles. The largest absolute Gasteiger partial charge is 0.332 e. The van der Waals surface area contributed by atoms with Gasteiger partial charge in [-0.05, 0) is 36.8 Å². The van der Waals surface area contributed by atoms with Crippen LogP contribution < -0.4 is 5.32 Å². The van der Waals surface area contributed by atoms with Gasteiger partial charge >= 0.3 is 0 Å². The van der Waals surface area contributed by atoms with Gasteiger partial charge in [0, 0.05) is 18.8 Å². The molecule has 0 aliphatic carbocycles. The van der Waals surface area contributed by atoms with Gasteiger partial charge in [0.15, 0.2) is 0 Å². The smallest absolute Gasteiger partial charge is 0.257 e. The molecule has 0 atom stereocenters. The second-order valence-electron chi connectivity index (χ2n) is 7.79. The highest BCUT2D eigenvalue weighted by molar-refractivity contribution is 6.39. The minimum absolute atomic E-state index is 0.190. The Kier molecular flexibility index (Phi) is 7.01. The molecule has 1 aromatic heterocycles. The maximum absolute atomic E-state index is 13.5. The van der Waals surface area contributed by atoms with Gasteiger partial charge < -0.3 is 10.2 Å². The first-order chi connectivity index (χ1) is 16.3. The number of nitrogens with one attached hydrogen (secondary N) is 1. The molecular formula is C26H22Cl2N4O2. The van der Waals surface area contributed by atoms with Crippen LogP contribution in [0.25, 0.3) is 16.9 Å². The zero-order valence-corrected chi connectivity index (χ0v) is 20.1. The molecule has 0 aliphatic heterocycles. The van der Waals surface area contributed by atoms with Gasteiger partial charge in [-0.25, -0.2) is 4.68 Å². The van der Waals surface area contributed by atoms with Gasteiger partial charge in [-0.3, -0.25) is 9.59 Å². The van der Waals surface area contributed by atoms with E-state index in [-0.39, 0.29) is 12.5 Å². The molecule has 0 saturated carbocycles. The standard InChI is InChI=1S/C26H22Cl2N4O2/c1-17-9-6-7-12-19(17)24-20(15-32(30-24)18-10-4-3-5-11-18)26(34)31(2)16-23(33)29-25-21(27)13-8-14-22(25)28/h3-15H,16H2,1-2H3,(H,29,33). The van der Waals surface area contributed by atoms with Gasteiger partial charge in [0.2, 0.25) is 5.91 Å². The lowest BCUT2D eigenvalue weighted by Gasteiger charge is -2.17. The van der Waals surface area contributed by atoms with Crippen LogP contribution >= 0.6 is 23.2 Å². The van der Waals surface area contributed by atoms with Crippen molar-refractivity contribution in [3.8, 4) is 16.9 Å². The Morgan fingerprint density at radius 3 is 2.26 bits per heavy atom. The van der Waals surface area contributed by atoms with Crippen LogP contribution in [0.5, 0.6) is 0 Å². The molecule has 4 rings (SSSR count). The zero-order valence-electron chi connectivity index (χ0n) is 18.6. The van der Waals surface area contributed by atoms with E-state index in [2.05, 4.69) is 5.32 Å². The van der Waals surface area contributed by atoms with Crippen LogP contribution in [0.1, 0.15) is 15.9 Å². The van der Waals surface area contributed by atoms with Crippen LogP contribution in [-0.4, -0.2) is 40.1 Å². The van der Waals surface area contributed by atoms with Crippen molar-refractivity contribution >= 4 is 40.7 Å². The predicted molar refractivity (Wildman–Crippen MR) is 136 cm³/mol. The van der Waals surface area contributed by atoms with Gasteiger partial charge in [0.1, 0.15) is 5.69 Å². The minimum atomic E-state index is -0.418. The lowest BCUT2D eigenvalue weighted by Crippen LogP contribution is -2.35. The van der Waals surface area contributed by atoms with E-state index in [4.69, 9.17) is 28.3 Å². The SMILES string of the molecule is Cc1ccccc1-c1nn(-c2ccccc2)cc1C(=O)N(C)CC(=O)Nc1c(Cl)cccc1Cl. The first-order valence-corrected chi connectivity index (χ1v) is 11.3. The number of aromatic nitrogens is 2. The summed E-state index contributed by atoms with van der Waals surface area (Å²) in [4.78, 5) is 27.5. The Morgan fingerprint density at radius 1 is 0.941 bits per heavy atom. The van der Waals surface area contributed by atoms with Gasteiger partial charge in [-0.1, -0.05) is 71.7 Å². The fourth-order valence-electron chi connectivity index (χ4n) is 3.57. The average Bonchev–Trinajstić information content (AvgIpc) is 3.27. The summed E-state index contributed by atoms with van der Waals surface area (Å²) in [6.07, 6.45) is 1.69. The van der Waals surface area contributed by atoms with Crippen LogP contribution in [0.2, 0.25) is 10.0 Å². The Balaban J connectivity index is 1.63. The molecule has 0 fully saturated rings. The van der Waals surface area contributed by atoms with Crippen LogP contribution in [0.4, 0.5) is 5.69 Å². The lowest BCUT2D eigenvalue weighted by atomic mass is 10.0. The quantitative estimate of drug-likeness (QED) is 0.366. The molecule has 4 aromatic rings. The van der Waals surface area contributed by atoms with E-state index in [9.17, 15) is 9.59 Å². The third-order valence-electron chi connectivity index (χ3n) is 5.32. The fourth-order valence-corrected chi connectivity index (χ4v) is 4.06. The predicted octanol–water partition coefficient (Wildman–Crippen LogP) is 5.87. The van der Waals surface area contributed by atoms with Crippen molar-refractivity contribution in [3.63, 3.8) is 0 Å². The maximum atomic E-state index is 13.5. The maximum Gasteiger partial charge on any atom is 0.257 e. The molecular weight excluding hydrogens is 471 g/mol. The lowest BCUT2D eigenvalue weighted by molar-refractivity contribution is -0.116. The Hall–Kier alpha value is -3.61. The van der Waals surface area contributed by atoms with Crippen LogP contribution in [-0.2, 0) is 4.79 Å². The van der Waals surface area contributed by atoms with Crippen molar-refractivity contribution in [1.29, 1.82) is 0 Å². The number of benzene rings is 3. The monoisotopic (exact) mass is 492 g/mol. The normalized spacial score (nSPS) is 10.7. The van der Waals surface area contributed by atoms with Crippen molar-refractivity contribution in [2.75, 3.05) is 18.9 Å². The molecule has 1 heterocycles. The second kappa shape index (κ2) is 10.1. The molecule has 0 bridgehead atoms. The topological polar surface area (TPSA) is 67.2 Å². The molecule has 6 nitrogen and oxygen atoms in total. The third kappa shape index (κ3) is 4.98. The van der Waals surface area contributed by atoms with Crippen LogP contribution in [0.3, 0.4) is 0 Å². The van der Waals surface area contributed by atoms with Crippen molar-refractivity contribution in [2.45, 2.75) is 6.92 Å². The highest BCUT2D eigenvalue weighted by atomic mass is 35.5. The molecule has 8 heteroatoms. The highest BCUT2D eigenvalue weighted by Gasteiger charge is 2.24. The highest BCUT2D eigenvalue weighted by Crippen LogP contribution is 2.30. The number of hydrogen-bond donors (Lipinski definition) is 1. The van der Waals surface area contributed by atoms with E-state index in [1.807, 2.05) is 61.5 Å². The van der Waals surface area contributed by atoms with Gasteiger partial charge in [-0.15, -0.1) is 0 Å². The third-order valence-corrected chi connectivity index (χ3v) is 5.95. The van der Waals surface area contributed by atoms with E-state index < -0.39 is 5.91 Å². The number of anilines is 1. The molecule has 0 unspecified atom stereocenters. The second-order valence-corrected chi connectivity index (χ2v) is 8.61. The van der Waals surface area contributed by atoms with E-state index in [0.717, 1.165) is 16.8 Å². The Bertz CT molecular complexity index is 1330. The van der Waals surface area contributed by atoms with E-state index in [1.165, 1.54) is 4.90 Å². The number of carbonyl (C=O) groups is 2. The Labute approximate surface area is 207 Å². The molecule has 2 amide bonds. The number of para-hydroxylation sites is 2. The summed E-state index contributed by atoms with van der Waals surface area (Å²) in [5, 5.41) is 8.04. The molecule has 172 valence electrons. The summed E-state index contributed by atoms with van der Waals surface area (Å²) < 4.78 is 1.67. The summed E-state index contributed by atoms with van der Waals surface area (Å²) in [6.45, 7) is 1.78. The van der Waals surface area contributed by atoms with Crippen molar-refractivity contribution in [2.24, 2.45) is 0 Å². The molecule has 0 aliphatic rings. The molecule has 0 spiro atoms. The molecule has 1 N–H and O–H groups in total. The first kappa shape index (κ1) is 23.5. The van der Waals surface area contributed by atoms with Crippen LogP contribution in [0.15, 0.2) is 79.0 Å². The van der Waals surface area contributed by atoms with Gasteiger partial charge in [-0.2, -0.15) is 5.10 Å². The van der Waals surface area contributed by atoms with E-state index in [1.54, 1.807) is 36.1 Å². The number of hydrogen-bond acceptors (Lipinski definition) is 3. The van der Waals surface area contributed by atoms with Crippen molar-refractivity contribution in [1.82, 2.24) is 14.7 Å². The number of likely N-dealkylation sites (N-methyl/N-ethyl adjacent to an activating group) is 1. The molecule has 34 heavy (non-hydrogen) atoms. The summed E-state index contributed by atoms with van der Waals surface area (Å²) in [7, 11) is 1.57. The summed E-state index contributed by atoms with van der Waals surface area (Å²) in [6, 6.07) is 22.2. The van der Waals surface area contributed by atoms with Gasteiger partial charge in [0.05, 0.1) is 33.5 Å². The number of aryl methyl sites for hydroxylation is 1. The summed E-state index contributed by atoms with van der Waals surface area (Å²) >= 11 is 12.3. The van der Waals surface area contributed by atoms with Gasteiger partial charge in [0.25, 0.3) is 5.91 Å². The molecule has 3 aromatic carbocycles. The zero-order chi connectivity index (χ0) is 24.2. The minimum Gasteiger partial charge on any atom is -0.332 e. The van der Waals surface area contributed by atoms with E-state index >= 15 is 0 Å². The number of amides is 2. The van der Waals surface area contributed by atoms with Crippen LogP contribution in [0, 0.1) is 6.92 Å². The fraction of sp³-hybridized carbons (Fsp3) is 0.115. The number of rotatable bonds is 6. The summed E-state index contributed by atoms with van der Waals surface area (Å²) in [5.74, 6) is -0.750. The van der Waals surface area contributed by atoms with Crippen molar-refractivity contribution < 1.29 is 9.59 Å². The Morgan fingerprint density at radius 2 is 1.59 bits per heavy atom. The molecule has 0 radical (unpaired) electrons. The average molecular weight is 493 g/mol.